The van der Waals surface area contributed by atoms with Crippen LogP contribution in [0.15, 0.2) is 30.7 Å². The van der Waals surface area contributed by atoms with E-state index in [0.29, 0.717) is 18.7 Å². The average Bonchev–Trinajstić information content (AvgIpc) is 2.51. The number of carbonyl (C=O) groups is 2. The second-order valence-corrected chi connectivity index (χ2v) is 3.91. The van der Waals surface area contributed by atoms with Gasteiger partial charge in [0.05, 0.1) is 19.4 Å². The number of methoxy groups -OCH3 is 1. The van der Waals surface area contributed by atoms with Gasteiger partial charge in [0.1, 0.15) is 12.5 Å². The fraction of sp³-hybridized carbons (Fsp3) is 0.429. The van der Waals surface area contributed by atoms with Crippen molar-refractivity contribution < 1.29 is 23.8 Å². The van der Waals surface area contributed by atoms with Gasteiger partial charge >= 0.3 is 12.1 Å². The van der Waals surface area contributed by atoms with Crippen molar-refractivity contribution in [3.05, 3.63) is 36.4 Å². The lowest BCUT2D eigenvalue weighted by Crippen LogP contribution is -2.17. The molecule has 21 heavy (non-hydrogen) atoms. The highest BCUT2D eigenvalue weighted by atomic mass is 16.7. The number of allylic oxidation sites excluding steroid dienone is 1. The first-order chi connectivity index (χ1) is 10.2. The maximum atomic E-state index is 11.9. The smallest absolute Gasteiger partial charge is 0.465 e. The Balaban J connectivity index is 2.60. The molecule has 7 nitrogen and oxygen atoms in total. The zero-order valence-corrected chi connectivity index (χ0v) is 12.0. The van der Waals surface area contributed by atoms with Crippen molar-refractivity contribution in [3.8, 4) is 0 Å². The number of esters is 1. The Morgan fingerprint density at radius 2 is 2.10 bits per heavy atom. The van der Waals surface area contributed by atoms with Crippen LogP contribution in [-0.2, 0) is 19.0 Å². The van der Waals surface area contributed by atoms with Crippen molar-refractivity contribution in [1.82, 2.24) is 9.97 Å². The standard InChI is InChI=1S/C14H18N2O5/c1-3-20-13(17)11(12-10-15-7-8-16-12)6-4-5-9-21-14(18)19-2/h4-5,7-8,10-11H,3,6,9H2,1-2H3/b5-4+. The van der Waals surface area contributed by atoms with Gasteiger partial charge in [0, 0.05) is 18.6 Å². The van der Waals surface area contributed by atoms with Gasteiger partial charge in [0.25, 0.3) is 0 Å². The molecule has 1 aromatic rings. The van der Waals surface area contributed by atoms with Crippen LogP contribution < -0.4 is 0 Å². The molecule has 114 valence electrons. The van der Waals surface area contributed by atoms with Gasteiger partial charge in [-0.15, -0.1) is 0 Å². The molecule has 7 heteroatoms. The van der Waals surface area contributed by atoms with E-state index in [4.69, 9.17) is 9.47 Å². The van der Waals surface area contributed by atoms with Crippen LogP contribution in [0.25, 0.3) is 0 Å². The van der Waals surface area contributed by atoms with Crippen LogP contribution in [0, 0.1) is 0 Å². The van der Waals surface area contributed by atoms with E-state index >= 15 is 0 Å². The van der Waals surface area contributed by atoms with Crippen molar-refractivity contribution in [2.45, 2.75) is 19.3 Å². The molecular weight excluding hydrogens is 276 g/mol. The maximum Gasteiger partial charge on any atom is 0.508 e. The van der Waals surface area contributed by atoms with Crippen LogP contribution >= 0.6 is 0 Å². The molecule has 0 bridgehead atoms. The molecule has 0 fully saturated rings. The van der Waals surface area contributed by atoms with E-state index in [0.717, 1.165) is 0 Å². The van der Waals surface area contributed by atoms with Crippen molar-refractivity contribution in [1.29, 1.82) is 0 Å². The number of ether oxygens (including phenoxy) is 3. The molecule has 0 saturated carbocycles. The number of carbonyl (C=O) groups excluding carboxylic acids is 2. The first-order valence-corrected chi connectivity index (χ1v) is 6.47. The van der Waals surface area contributed by atoms with Gasteiger partial charge in [-0.1, -0.05) is 12.2 Å². The first-order valence-electron chi connectivity index (χ1n) is 6.47. The Kier molecular flexibility index (Phi) is 7.49. The monoisotopic (exact) mass is 294 g/mol. The summed E-state index contributed by atoms with van der Waals surface area (Å²) in [5, 5.41) is 0. The molecule has 0 aliphatic rings. The lowest BCUT2D eigenvalue weighted by atomic mass is 10.0. The zero-order chi connectivity index (χ0) is 15.5. The zero-order valence-electron chi connectivity index (χ0n) is 12.0. The molecule has 0 aromatic carbocycles. The Hall–Kier alpha value is -2.44. The highest BCUT2D eigenvalue weighted by Gasteiger charge is 2.22. The molecule has 0 amide bonds. The highest BCUT2D eigenvalue weighted by Crippen LogP contribution is 2.19. The van der Waals surface area contributed by atoms with Gasteiger partial charge in [-0.05, 0) is 13.3 Å². The molecule has 1 unspecified atom stereocenters. The van der Waals surface area contributed by atoms with Gasteiger partial charge < -0.3 is 14.2 Å². The lowest BCUT2D eigenvalue weighted by Gasteiger charge is -2.12. The molecular formula is C14H18N2O5. The Morgan fingerprint density at radius 1 is 1.29 bits per heavy atom. The summed E-state index contributed by atoms with van der Waals surface area (Å²) in [4.78, 5) is 30.8. The van der Waals surface area contributed by atoms with Crippen molar-refractivity contribution in [3.63, 3.8) is 0 Å². The molecule has 1 atom stereocenters. The molecule has 1 heterocycles. The topological polar surface area (TPSA) is 87.6 Å². The fourth-order valence-electron chi connectivity index (χ4n) is 1.55. The number of hydrogen-bond donors (Lipinski definition) is 0. The number of rotatable bonds is 7. The van der Waals surface area contributed by atoms with Crippen LogP contribution in [0.5, 0.6) is 0 Å². The Labute approximate surface area is 122 Å². The van der Waals surface area contributed by atoms with Crippen molar-refractivity contribution >= 4 is 12.1 Å². The molecule has 0 N–H and O–H groups in total. The Morgan fingerprint density at radius 3 is 2.71 bits per heavy atom. The van der Waals surface area contributed by atoms with E-state index in [2.05, 4.69) is 14.7 Å². The van der Waals surface area contributed by atoms with E-state index in [-0.39, 0.29) is 12.6 Å². The van der Waals surface area contributed by atoms with Gasteiger partial charge in [-0.3, -0.25) is 14.8 Å². The van der Waals surface area contributed by atoms with Crippen LogP contribution in [0.4, 0.5) is 4.79 Å². The second kappa shape index (κ2) is 9.46. The summed E-state index contributed by atoms with van der Waals surface area (Å²) in [5.41, 5.74) is 0.537. The predicted molar refractivity (Wildman–Crippen MR) is 73.5 cm³/mol. The third-order valence-electron chi connectivity index (χ3n) is 2.51. The van der Waals surface area contributed by atoms with Crippen LogP contribution in [-0.4, -0.2) is 42.4 Å². The first kappa shape index (κ1) is 16.6. The fourth-order valence-corrected chi connectivity index (χ4v) is 1.55. The van der Waals surface area contributed by atoms with Gasteiger partial charge in [-0.25, -0.2) is 4.79 Å². The maximum absolute atomic E-state index is 11.9. The predicted octanol–water partition coefficient (Wildman–Crippen LogP) is 1.85. The van der Waals surface area contributed by atoms with Crippen LogP contribution in [0.1, 0.15) is 25.0 Å². The van der Waals surface area contributed by atoms with Gasteiger partial charge in [0.2, 0.25) is 0 Å². The second-order valence-electron chi connectivity index (χ2n) is 3.91. The van der Waals surface area contributed by atoms with Crippen LogP contribution in [0.2, 0.25) is 0 Å². The van der Waals surface area contributed by atoms with Crippen molar-refractivity contribution in [2.75, 3.05) is 20.3 Å². The van der Waals surface area contributed by atoms with Gasteiger partial charge in [-0.2, -0.15) is 0 Å². The summed E-state index contributed by atoms with van der Waals surface area (Å²) in [6.07, 6.45) is 7.55. The van der Waals surface area contributed by atoms with Crippen LogP contribution in [0.3, 0.4) is 0 Å². The largest absolute Gasteiger partial charge is 0.508 e. The molecule has 0 aliphatic carbocycles. The molecule has 0 aliphatic heterocycles. The van der Waals surface area contributed by atoms with E-state index in [1.807, 2.05) is 0 Å². The molecule has 0 radical (unpaired) electrons. The minimum atomic E-state index is -0.754. The molecule has 1 aromatic heterocycles. The number of aromatic nitrogens is 2. The average molecular weight is 294 g/mol. The molecule has 1 rings (SSSR count). The summed E-state index contributed by atoms with van der Waals surface area (Å²) >= 11 is 0. The molecule has 0 saturated heterocycles. The van der Waals surface area contributed by atoms with Crippen molar-refractivity contribution in [2.24, 2.45) is 0 Å². The third kappa shape index (κ3) is 6.03. The summed E-state index contributed by atoms with van der Waals surface area (Å²) in [7, 11) is 1.23. The summed E-state index contributed by atoms with van der Waals surface area (Å²) in [6.45, 7) is 2.11. The van der Waals surface area contributed by atoms with E-state index < -0.39 is 12.1 Å². The SMILES string of the molecule is CCOC(=O)C(C/C=C/COC(=O)OC)c1cnccn1. The highest BCUT2D eigenvalue weighted by molar-refractivity contribution is 5.77. The summed E-state index contributed by atoms with van der Waals surface area (Å²) < 4.78 is 14.0. The summed E-state index contributed by atoms with van der Waals surface area (Å²) in [5.74, 6) is -0.899. The van der Waals surface area contributed by atoms with E-state index in [9.17, 15) is 9.59 Å². The third-order valence-corrected chi connectivity index (χ3v) is 2.51. The Bertz CT molecular complexity index is 476. The quantitative estimate of drug-likeness (QED) is 0.560. The number of nitrogens with zero attached hydrogens (tertiary/aromatic N) is 2. The molecule has 0 spiro atoms. The van der Waals surface area contributed by atoms with Gasteiger partial charge in [0.15, 0.2) is 0 Å². The van der Waals surface area contributed by atoms with E-state index in [1.54, 1.807) is 19.1 Å². The lowest BCUT2D eigenvalue weighted by molar-refractivity contribution is -0.145. The number of hydrogen-bond acceptors (Lipinski definition) is 7. The summed E-state index contributed by atoms with van der Waals surface area (Å²) in [6, 6.07) is 0. The minimum absolute atomic E-state index is 0.0721. The van der Waals surface area contributed by atoms with E-state index in [1.165, 1.54) is 25.7 Å². The normalized spacial score (nSPS) is 11.9. The minimum Gasteiger partial charge on any atom is -0.465 e.